The molecule has 0 bridgehead atoms. The molecule has 4 rings (SSSR count). The summed E-state index contributed by atoms with van der Waals surface area (Å²) < 4.78 is 0. The van der Waals surface area contributed by atoms with E-state index in [-0.39, 0.29) is 11.5 Å². The van der Waals surface area contributed by atoms with Crippen LogP contribution in [-0.2, 0) is 24.2 Å². The molecule has 1 aliphatic heterocycles. The predicted octanol–water partition coefficient (Wildman–Crippen LogP) is 3.66. The lowest BCUT2D eigenvalue weighted by Crippen LogP contribution is -2.36. The van der Waals surface area contributed by atoms with Crippen molar-refractivity contribution in [3.05, 3.63) is 80.6 Å². The fourth-order valence-electron chi connectivity index (χ4n) is 4.01. The molecule has 3 aromatic rings. The molecule has 1 aliphatic rings. The van der Waals surface area contributed by atoms with Gasteiger partial charge in [0.1, 0.15) is 0 Å². The van der Waals surface area contributed by atoms with E-state index in [0.29, 0.717) is 24.9 Å². The van der Waals surface area contributed by atoms with Gasteiger partial charge < -0.3 is 9.88 Å². The third-order valence-electron chi connectivity index (χ3n) is 5.48. The van der Waals surface area contributed by atoms with Crippen molar-refractivity contribution in [1.29, 1.82) is 0 Å². The number of benzene rings is 2. The van der Waals surface area contributed by atoms with Crippen molar-refractivity contribution >= 4 is 16.8 Å². The Morgan fingerprint density at radius 2 is 1.89 bits per heavy atom. The number of nitrogens with one attached hydrogen (secondary N) is 1. The molecule has 2 heterocycles. The van der Waals surface area contributed by atoms with E-state index < -0.39 is 0 Å². The molecule has 1 N–H and O–H groups in total. The number of aryl methyl sites for hydroxylation is 3. The maximum Gasteiger partial charge on any atom is 0.251 e. The lowest BCUT2D eigenvalue weighted by molar-refractivity contribution is -0.132. The maximum atomic E-state index is 12.7. The van der Waals surface area contributed by atoms with Crippen LogP contribution in [0.4, 0.5) is 0 Å². The number of nitrogens with zero attached hydrogens (tertiary/aromatic N) is 1. The summed E-state index contributed by atoms with van der Waals surface area (Å²) in [6.45, 7) is 5.49. The Labute approximate surface area is 158 Å². The van der Waals surface area contributed by atoms with Gasteiger partial charge in [-0.2, -0.15) is 0 Å². The van der Waals surface area contributed by atoms with Crippen molar-refractivity contribution in [3.8, 4) is 0 Å². The van der Waals surface area contributed by atoms with Crippen LogP contribution in [0.15, 0.2) is 47.3 Å². The van der Waals surface area contributed by atoms with E-state index in [1.54, 1.807) is 0 Å². The van der Waals surface area contributed by atoms with Crippen LogP contribution in [-0.4, -0.2) is 22.3 Å². The van der Waals surface area contributed by atoms with Gasteiger partial charge in [0.15, 0.2) is 0 Å². The Morgan fingerprint density at radius 1 is 1.11 bits per heavy atom. The number of hydrogen-bond acceptors (Lipinski definition) is 2. The van der Waals surface area contributed by atoms with Crippen molar-refractivity contribution in [2.24, 2.45) is 0 Å². The molecule has 0 saturated heterocycles. The number of hydrogen-bond donors (Lipinski definition) is 1. The molecule has 1 aromatic heterocycles. The zero-order valence-electron chi connectivity index (χ0n) is 15.8. The highest BCUT2D eigenvalue weighted by Crippen LogP contribution is 2.21. The Kier molecular flexibility index (Phi) is 4.56. The number of carbonyl (C=O) groups excluding carboxylic acids is 1. The van der Waals surface area contributed by atoms with Crippen LogP contribution in [0.25, 0.3) is 10.9 Å². The third kappa shape index (κ3) is 3.52. The van der Waals surface area contributed by atoms with Gasteiger partial charge in [-0.25, -0.2) is 0 Å². The number of amides is 1. The second-order valence-corrected chi connectivity index (χ2v) is 7.50. The topological polar surface area (TPSA) is 53.2 Å². The zero-order valence-corrected chi connectivity index (χ0v) is 15.8. The van der Waals surface area contributed by atoms with Crippen LogP contribution in [0.2, 0.25) is 0 Å². The van der Waals surface area contributed by atoms with Gasteiger partial charge in [0.05, 0.1) is 0 Å². The summed E-state index contributed by atoms with van der Waals surface area (Å²) in [7, 11) is 0. The normalized spacial score (nSPS) is 13.6. The molecular weight excluding hydrogens is 336 g/mol. The summed E-state index contributed by atoms with van der Waals surface area (Å²) >= 11 is 0. The number of aromatic amines is 1. The first-order valence-electron chi connectivity index (χ1n) is 9.49. The van der Waals surface area contributed by atoms with Gasteiger partial charge in [-0.15, -0.1) is 0 Å². The molecule has 0 unspecified atom stereocenters. The fraction of sp³-hybridized carbons (Fsp3) is 0.304. The molecular formula is C23H24N2O2. The van der Waals surface area contributed by atoms with Crippen molar-refractivity contribution in [2.75, 3.05) is 6.54 Å². The molecule has 138 valence electrons. The molecule has 4 heteroatoms. The van der Waals surface area contributed by atoms with E-state index in [4.69, 9.17) is 0 Å². The van der Waals surface area contributed by atoms with Gasteiger partial charge in [-0.3, -0.25) is 9.59 Å². The first-order valence-corrected chi connectivity index (χ1v) is 9.49. The number of pyridine rings is 1. The van der Waals surface area contributed by atoms with Crippen LogP contribution in [0.1, 0.15) is 34.2 Å². The number of carbonyl (C=O) groups is 1. The number of aromatic nitrogens is 1. The van der Waals surface area contributed by atoms with E-state index in [0.717, 1.165) is 35.0 Å². The standard InChI is InChI=1S/C23H24N2O2/c1-15-11-16(2)20-13-18(23(27)24-21(20)12-15)7-8-22(26)25-10-9-17-5-3-4-6-19(17)14-25/h3-6,11-13H,7-10,14H2,1-2H3,(H,24,27). The molecule has 2 aromatic carbocycles. The van der Waals surface area contributed by atoms with Crippen LogP contribution in [0.3, 0.4) is 0 Å². The van der Waals surface area contributed by atoms with Crippen LogP contribution in [0.5, 0.6) is 0 Å². The van der Waals surface area contributed by atoms with Gasteiger partial charge in [-0.1, -0.05) is 30.3 Å². The number of fused-ring (bicyclic) bond motifs is 2. The van der Waals surface area contributed by atoms with E-state index in [2.05, 4.69) is 23.2 Å². The van der Waals surface area contributed by atoms with Crippen molar-refractivity contribution in [2.45, 2.75) is 39.7 Å². The zero-order chi connectivity index (χ0) is 19.0. The second-order valence-electron chi connectivity index (χ2n) is 7.50. The molecule has 0 atom stereocenters. The minimum Gasteiger partial charge on any atom is -0.338 e. The summed E-state index contributed by atoms with van der Waals surface area (Å²) in [6, 6.07) is 14.3. The Bertz CT molecular complexity index is 1080. The molecule has 0 spiro atoms. The summed E-state index contributed by atoms with van der Waals surface area (Å²) in [5.74, 6) is 0.115. The van der Waals surface area contributed by atoms with Gasteiger partial charge in [0, 0.05) is 36.0 Å². The van der Waals surface area contributed by atoms with Gasteiger partial charge in [0.2, 0.25) is 5.91 Å². The first kappa shape index (κ1) is 17.5. The lowest BCUT2D eigenvalue weighted by atomic mass is 9.99. The van der Waals surface area contributed by atoms with E-state index >= 15 is 0 Å². The predicted molar refractivity (Wildman–Crippen MR) is 108 cm³/mol. The highest BCUT2D eigenvalue weighted by molar-refractivity contribution is 5.83. The largest absolute Gasteiger partial charge is 0.338 e. The fourth-order valence-corrected chi connectivity index (χ4v) is 4.01. The second kappa shape index (κ2) is 7.03. The Morgan fingerprint density at radius 3 is 2.70 bits per heavy atom. The molecule has 0 radical (unpaired) electrons. The van der Waals surface area contributed by atoms with Crippen molar-refractivity contribution < 1.29 is 4.79 Å². The van der Waals surface area contributed by atoms with E-state index in [1.165, 1.54) is 11.1 Å². The Hall–Kier alpha value is -2.88. The van der Waals surface area contributed by atoms with Crippen LogP contribution in [0, 0.1) is 13.8 Å². The van der Waals surface area contributed by atoms with Gasteiger partial charge >= 0.3 is 0 Å². The molecule has 0 fully saturated rings. The SMILES string of the molecule is Cc1cc(C)c2cc(CCC(=O)N3CCc4ccccc4C3)c(=O)[nH]c2c1. The first-order chi connectivity index (χ1) is 13.0. The van der Waals surface area contributed by atoms with Crippen LogP contribution < -0.4 is 5.56 Å². The summed E-state index contributed by atoms with van der Waals surface area (Å²) in [5.41, 5.74) is 6.28. The average molecular weight is 360 g/mol. The maximum absolute atomic E-state index is 12.7. The van der Waals surface area contributed by atoms with E-state index in [9.17, 15) is 9.59 Å². The highest BCUT2D eigenvalue weighted by Gasteiger charge is 2.20. The molecule has 4 nitrogen and oxygen atoms in total. The quantitative estimate of drug-likeness (QED) is 0.775. The molecule has 1 amide bonds. The molecule has 0 aliphatic carbocycles. The lowest BCUT2D eigenvalue weighted by Gasteiger charge is -2.29. The third-order valence-corrected chi connectivity index (χ3v) is 5.48. The Balaban J connectivity index is 1.49. The van der Waals surface area contributed by atoms with Crippen molar-refractivity contribution in [1.82, 2.24) is 9.88 Å². The monoisotopic (exact) mass is 360 g/mol. The average Bonchev–Trinajstić information content (AvgIpc) is 2.65. The van der Waals surface area contributed by atoms with Gasteiger partial charge in [-0.05, 0) is 61.1 Å². The number of H-pyrrole nitrogens is 1. The molecule has 0 saturated carbocycles. The minimum atomic E-state index is -0.0933. The highest BCUT2D eigenvalue weighted by atomic mass is 16.2. The van der Waals surface area contributed by atoms with E-state index in [1.807, 2.05) is 43.0 Å². The minimum absolute atomic E-state index is 0.0933. The van der Waals surface area contributed by atoms with Crippen LogP contribution >= 0.6 is 0 Å². The smallest absolute Gasteiger partial charge is 0.251 e. The molecule has 27 heavy (non-hydrogen) atoms. The number of rotatable bonds is 3. The summed E-state index contributed by atoms with van der Waals surface area (Å²) in [4.78, 5) is 30.0. The van der Waals surface area contributed by atoms with Gasteiger partial charge in [0.25, 0.3) is 5.56 Å². The summed E-state index contributed by atoms with van der Waals surface area (Å²) in [6.07, 6.45) is 1.73. The summed E-state index contributed by atoms with van der Waals surface area (Å²) in [5, 5.41) is 1.05. The van der Waals surface area contributed by atoms with Crippen molar-refractivity contribution in [3.63, 3.8) is 0 Å².